The molecule has 1 saturated heterocycles. The monoisotopic (exact) mass is 341 g/mol. The molecule has 2 atom stereocenters. The molecule has 5 nitrogen and oxygen atoms in total. The number of benzene rings is 1. The topological polar surface area (TPSA) is 61.4 Å². The van der Waals surface area contributed by atoms with Gasteiger partial charge in [-0.05, 0) is 25.1 Å². The highest BCUT2D eigenvalue weighted by Gasteiger charge is 2.29. The summed E-state index contributed by atoms with van der Waals surface area (Å²) in [7, 11) is 0. The van der Waals surface area contributed by atoms with E-state index in [4.69, 9.17) is 11.6 Å². The first-order valence-electron chi connectivity index (χ1n) is 7.15. The Hall–Kier alpha value is -1.40. The molecule has 1 aliphatic heterocycles. The van der Waals surface area contributed by atoms with E-state index in [0.29, 0.717) is 21.6 Å². The van der Waals surface area contributed by atoms with Gasteiger partial charge in [-0.25, -0.2) is 4.79 Å². The molecule has 7 heteroatoms. The Morgan fingerprint density at radius 3 is 2.68 bits per heavy atom. The molecular formula is C15H20ClN3O2S. The van der Waals surface area contributed by atoms with Gasteiger partial charge in [-0.1, -0.05) is 18.5 Å². The number of urea groups is 1. The molecule has 2 rings (SSSR count). The van der Waals surface area contributed by atoms with Gasteiger partial charge in [-0.15, -0.1) is 0 Å². The fourth-order valence-corrected chi connectivity index (χ4v) is 3.63. The molecule has 0 radical (unpaired) electrons. The summed E-state index contributed by atoms with van der Waals surface area (Å²) in [4.78, 5) is 25.3. The maximum atomic E-state index is 12.4. The van der Waals surface area contributed by atoms with Crippen LogP contribution >= 0.6 is 23.4 Å². The van der Waals surface area contributed by atoms with Crippen LogP contribution in [0, 0.1) is 0 Å². The summed E-state index contributed by atoms with van der Waals surface area (Å²) in [6.07, 6.45) is 0. The lowest BCUT2D eigenvalue weighted by Gasteiger charge is -2.37. The van der Waals surface area contributed by atoms with E-state index in [0.717, 1.165) is 12.3 Å². The van der Waals surface area contributed by atoms with Crippen molar-refractivity contribution in [1.29, 1.82) is 0 Å². The molecule has 0 aromatic heterocycles. The summed E-state index contributed by atoms with van der Waals surface area (Å²) in [5.74, 6) is 0.773. The lowest BCUT2D eigenvalue weighted by molar-refractivity contribution is -0.114. The Morgan fingerprint density at radius 1 is 1.32 bits per heavy atom. The number of anilines is 2. The molecular weight excluding hydrogens is 322 g/mol. The smallest absolute Gasteiger partial charge is 0.322 e. The number of hydrogen-bond donors (Lipinski definition) is 2. The maximum absolute atomic E-state index is 12.4. The molecule has 1 heterocycles. The fraction of sp³-hybridized carbons (Fsp3) is 0.467. The van der Waals surface area contributed by atoms with Gasteiger partial charge in [0.05, 0.1) is 10.7 Å². The van der Waals surface area contributed by atoms with E-state index >= 15 is 0 Å². The minimum Gasteiger partial charge on any atom is -0.326 e. The zero-order valence-electron chi connectivity index (χ0n) is 12.9. The third-order valence-electron chi connectivity index (χ3n) is 3.68. The number of halogens is 1. The van der Waals surface area contributed by atoms with Gasteiger partial charge >= 0.3 is 6.03 Å². The van der Waals surface area contributed by atoms with E-state index in [1.807, 2.05) is 16.7 Å². The summed E-state index contributed by atoms with van der Waals surface area (Å²) >= 11 is 8.05. The molecule has 1 aromatic rings. The summed E-state index contributed by atoms with van der Waals surface area (Å²) in [6.45, 7) is 6.34. The van der Waals surface area contributed by atoms with Gasteiger partial charge in [-0.3, -0.25) is 4.79 Å². The van der Waals surface area contributed by atoms with Crippen molar-refractivity contribution in [2.45, 2.75) is 32.1 Å². The molecule has 0 spiro atoms. The highest BCUT2D eigenvalue weighted by Crippen LogP contribution is 2.28. The Balaban J connectivity index is 2.06. The van der Waals surface area contributed by atoms with Gasteiger partial charge in [0.2, 0.25) is 5.91 Å². The minimum absolute atomic E-state index is 0.145. The Bertz CT molecular complexity index is 582. The number of carbonyl (C=O) groups excluding carboxylic acids is 2. The third-order valence-corrected chi connectivity index (χ3v) is 5.33. The lowest BCUT2D eigenvalue weighted by atomic mass is 10.2. The van der Waals surface area contributed by atoms with Gasteiger partial charge in [0.25, 0.3) is 0 Å². The average molecular weight is 342 g/mol. The number of thioether (sulfide) groups is 1. The van der Waals surface area contributed by atoms with Crippen molar-refractivity contribution in [3.63, 3.8) is 0 Å². The predicted molar refractivity (Wildman–Crippen MR) is 92.9 cm³/mol. The second-order valence-corrected chi connectivity index (χ2v) is 7.21. The molecule has 1 fully saturated rings. The van der Waals surface area contributed by atoms with Crippen LogP contribution in [0.25, 0.3) is 0 Å². The molecule has 120 valence electrons. The quantitative estimate of drug-likeness (QED) is 0.863. The Labute approximate surface area is 139 Å². The second-order valence-electron chi connectivity index (χ2n) is 5.32. The minimum atomic E-state index is -0.165. The molecule has 0 bridgehead atoms. The van der Waals surface area contributed by atoms with Crippen LogP contribution in [0.15, 0.2) is 18.2 Å². The van der Waals surface area contributed by atoms with Gasteiger partial charge in [0.15, 0.2) is 0 Å². The number of rotatable bonds is 2. The van der Waals surface area contributed by atoms with E-state index in [1.165, 1.54) is 6.92 Å². The van der Waals surface area contributed by atoms with Gasteiger partial charge < -0.3 is 15.5 Å². The standard InChI is InChI=1S/C15H20ClN3O2S/c1-9-10(2)22-7-6-19(9)15(21)18-14-5-4-12(8-13(14)16)17-11(3)20/h4-5,8-10H,6-7H2,1-3H3,(H,17,20)(H,18,21)/t9-,10-/m1/s1. The van der Waals surface area contributed by atoms with Gasteiger partial charge in [-0.2, -0.15) is 11.8 Å². The van der Waals surface area contributed by atoms with Crippen molar-refractivity contribution in [2.24, 2.45) is 0 Å². The number of nitrogens with zero attached hydrogens (tertiary/aromatic N) is 1. The number of hydrogen-bond acceptors (Lipinski definition) is 3. The van der Waals surface area contributed by atoms with Crippen molar-refractivity contribution < 1.29 is 9.59 Å². The molecule has 2 N–H and O–H groups in total. The van der Waals surface area contributed by atoms with Crippen molar-refractivity contribution in [3.8, 4) is 0 Å². The number of amides is 3. The van der Waals surface area contributed by atoms with E-state index in [-0.39, 0.29) is 18.0 Å². The van der Waals surface area contributed by atoms with E-state index in [2.05, 4.69) is 24.5 Å². The Kier molecular flexibility index (Phi) is 5.58. The summed E-state index contributed by atoms with van der Waals surface area (Å²) in [5, 5.41) is 6.31. The molecule has 0 unspecified atom stereocenters. The van der Waals surface area contributed by atoms with Crippen molar-refractivity contribution in [2.75, 3.05) is 22.9 Å². The summed E-state index contributed by atoms with van der Waals surface area (Å²) < 4.78 is 0. The molecule has 0 aliphatic carbocycles. The third kappa shape index (κ3) is 4.08. The van der Waals surface area contributed by atoms with Crippen LogP contribution in [0.2, 0.25) is 5.02 Å². The first-order chi connectivity index (χ1) is 10.4. The number of carbonyl (C=O) groups is 2. The van der Waals surface area contributed by atoms with Crippen molar-refractivity contribution in [3.05, 3.63) is 23.2 Å². The number of nitrogens with one attached hydrogen (secondary N) is 2. The Morgan fingerprint density at radius 2 is 2.05 bits per heavy atom. The highest BCUT2D eigenvalue weighted by molar-refractivity contribution is 8.00. The summed E-state index contributed by atoms with van der Waals surface area (Å²) in [5.41, 5.74) is 1.14. The first kappa shape index (κ1) is 17.0. The van der Waals surface area contributed by atoms with Crippen LogP contribution in [0.4, 0.5) is 16.2 Å². The first-order valence-corrected chi connectivity index (χ1v) is 8.57. The van der Waals surface area contributed by atoms with Crippen molar-refractivity contribution >= 4 is 46.7 Å². The van der Waals surface area contributed by atoms with E-state index in [1.54, 1.807) is 18.2 Å². The molecule has 1 aliphatic rings. The molecule has 1 aromatic carbocycles. The zero-order chi connectivity index (χ0) is 16.3. The molecule has 0 saturated carbocycles. The molecule has 3 amide bonds. The van der Waals surface area contributed by atoms with Crippen molar-refractivity contribution in [1.82, 2.24) is 4.90 Å². The SMILES string of the molecule is CC(=O)Nc1ccc(NC(=O)N2CCS[C@H](C)[C@H]2C)c(Cl)c1. The van der Waals surface area contributed by atoms with Crippen LogP contribution < -0.4 is 10.6 Å². The van der Waals surface area contributed by atoms with E-state index in [9.17, 15) is 9.59 Å². The van der Waals surface area contributed by atoms with Crippen LogP contribution in [0.5, 0.6) is 0 Å². The van der Waals surface area contributed by atoms with Crippen LogP contribution in [0.3, 0.4) is 0 Å². The predicted octanol–water partition coefficient (Wildman–Crippen LogP) is 3.66. The van der Waals surface area contributed by atoms with Crippen LogP contribution in [-0.4, -0.2) is 40.4 Å². The zero-order valence-corrected chi connectivity index (χ0v) is 14.4. The second kappa shape index (κ2) is 7.24. The van der Waals surface area contributed by atoms with E-state index < -0.39 is 0 Å². The fourth-order valence-electron chi connectivity index (χ4n) is 2.30. The van der Waals surface area contributed by atoms with Crippen LogP contribution in [-0.2, 0) is 4.79 Å². The largest absolute Gasteiger partial charge is 0.326 e. The lowest BCUT2D eigenvalue weighted by Crippen LogP contribution is -2.49. The average Bonchev–Trinajstić information content (AvgIpc) is 2.44. The van der Waals surface area contributed by atoms with Gasteiger partial charge in [0.1, 0.15) is 0 Å². The van der Waals surface area contributed by atoms with Crippen LogP contribution in [0.1, 0.15) is 20.8 Å². The maximum Gasteiger partial charge on any atom is 0.322 e. The normalized spacial score (nSPS) is 21.4. The molecule has 22 heavy (non-hydrogen) atoms. The highest BCUT2D eigenvalue weighted by atomic mass is 35.5. The van der Waals surface area contributed by atoms with Gasteiger partial charge in [0, 0.05) is 36.2 Å². The summed E-state index contributed by atoms with van der Waals surface area (Å²) in [6, 6.07) is 5.06.